The average Bonchev–Trinajstić information content (AvgIpc) is 2.85. The lowest BCUT2D eigenvalue weighted by Gasteiger charge is -2.02. The van der Waals surface area contributed by atoms with Crippen LogP contribution in [-0.4, -0.2) is 32.3 Å². The lowest BCUT2D eigenvalue weighted by atomic mass is 10.4. The van der Waals surface area contributed by atoms with Gasteiger partial charge in [0, 0.05) is 18.1 Å². The van der Waals surface area contributed by atoms with Crippen LogP contribution < -0.4 is 5.32 Å². The molecule has 0 aromatic carbocycles. The maximum atomic E-state index is 11.7. The molecule has 0 aliphatic heterocycles. The SMILES string of the molecule is CSc1nsc(SCC(=O)Nc2ccncc2)n1. The van der Waals surface area contributed by atoms with Crippen molar-refractivity contribution in [2.24, 2.45) is 0 Å². The van der Waals surface area contributed by atoms with Crippen molar-refractivity contribution in [2.45, 2.75) is 9.50 Å². The van der Waals surface area contributed by atoms with Crippen molar-refractivity contribution in [1.29, 1.82) is 0 Å². The highest BCUT2D eigenvalue weighted by Gasteiger charge is 2.07. The summed E-state index contributed by atoms with van der Waals surface area (Å²) in [4.78, 5) is 19.8. The van der Waals surface area contributed by atoms with E-state index in [1.54, 1.807) is 24.5 Å². The number of hydrogen-bond acceptors (Lipinski definition) is 7. The smallest absolute Gasteiger partial charge is 0.234 e. The minimum Gasteiger partial charge on any atom is -0.325 e. The molecule has 0 aliphatic carbocycles. The molecule has 18 heavy (non-hydrogen) atoms. The summed E-state index contributed by atoms with van der Waals surface area (Å²) in [6, 6.07) is 3.50. The zero-order chi connectivity index (χ0) is 12.8. The summed E-state index contributed by atoms with van der Waals surface area (Å²) in [5.74, 6) is 0.262. The van der Waals surface area contributed by atoms with Gasteiger partial charge in [-0.05, 0) is 29.9 Å². The highest BCUT2D eigenvalue weighted by molar-refractivity contribution is 8.01. The Morgan fingerprint density at radius 1 is 1.44 bits per heavy atom. The van der Waals surface area contributed by atoms with Crippen LogP contribution in [0.25, 0.3) is 0 Å². The Morgan fingerprint density at radius 2 is 2.22 bits per heavy atom. The van der Waals surface area contributed by atoms with E-state index >= 15 is 0 Å². The molecule has 0 bridgehead atoms. The number of pyridine rings is 1. The number of nitrogens with one attached hydrogen (secondary N) is 1. The Morgan fingerprint density at radius 3 is 2.89 bits per heavy atom. The molecule has 2 heterocycles. The molecule has 0 unspecified atom stereocenters. The first-order chi connectivity index (χ1) is 8.78. The van der Waals surface area contributed by atoms with E-state index in [-0.39, 0.29) is 5.91 Å². The molecule has 8 heteroatoms. The van der Waals surface area contributed by atoms with Crippen molar-refractivity contribution < 1.29 is 4.79 Å². The Hall–Kier alpha value is -1.12. The summed E-state index contributed by atoms with van der Waals surface area (Å²) < 4.78 is 4.94. The molecule has 94 valence electrons. The third kappa shape index (κ3) is 3.97. The number of thioether (sulfide) groups is 2. The van der Waals surface area contributed by atoms with E-state index < -0.39 is 0 Å². The third-order valence-corrected chi connectivity index (χ3v) is 4.36. The number of carbonyl (C=O) groups is 1. The number of carbonyl (C=O) groups excluding carboxylic acids is 1. The van der Waals surface area contributed by atoms with Gasteiger partial charge in [-0.25, -0.2) is 4.98 Å². The zero-order valence-electron chi connectivity index (χ0n) is 9.49. The van der Waals surface area contributed by atoms with Crippen molar-refractivity contribution in [1.82, 2.24) is 14.3 Å². The molecule has 0 radical (unpaired) electrons. The number of aromatic nitrogens is 3. The van der Waals surface area contributed by atoms with Gasteiger partial charge in [0.25, 0.3) is 0 Å². The molecule has 2 aromatic heterocycles. The van der Waals surface area contributed by atoms with Crippen molar-refractivity contribution in [2.75, 3.05) is 17.3 Å². The van der Waals surface area contributed by atoms with Gasteiger partial charge in [-0.1, -0.05) is 23.5 Å². The first-order valence-electron chi connectivity index (χ1n) is 4.98. The first-order valence-corrected chi connectivity index (χ1v) is 7.96. The van der Waals surface area contributed by atoms with E-state index in [4.69, 9.17) is 0 Å². The van der Waals surface area contributed by atoms with Gasteiger partial charge in [0.1, 0.15) is 0 Å². The summed E-state index contributed by atoms with van der Waals surface area (Å²) in [6.07, 6.45) is 5.20. The largest absolute Gasteiger partial charge is 0.325 e. The summed E-state index contributed by atoms with van der Waals surface area (Å²) in [7, 11) is 0. The minimum atomic E-state index is -0.0629. The van der Waals surface area contributed by atoms with E-state index in [0.717, 1.165) is 15.2 Å². The van der Waals surface area contributed by atoms with Gasteiger partial charge >= 0.3 is 0 Å². The normalized spacial score (nSPS) is 10.3. The van der Waals surface area contributed by atoms with Crippen LogP contribution in [0.4, 0.5) is 5.69 Å². The Labute approximate surface area is 117 Å². The Balaban J connectivity index is 1.81. The predicted octanol–water partition coefficient (Wildman–Crippen LogP) is 2.39. The lowest BCUT2D eigenvalue weighted by Crippen LogP contribution is -2.13. The quantitative estimate of drug-likeness (QED) is 0.855. The molecule has 5 nitrogen and oxygen atoms in total. The van der Waals surface area contributed by atoms with Gasteiger partial charge in [-0.3, -0.25) is 9.78 Å². The average molecular weight is 298 g/mol. The molecule has 2 aromatic rings. The third-order valence-electron chi connectivity index (χ3n) is 1.86. The molecule has 0 atom stereocenters. The van der Waals surface area contributed by atoms with Crippen molar-refractivity contribution in [3.05, 3.63) is 24.5 Å². The second-order valence-electron chi connectivity index (χ2n) is 3.12. The number of hydrogen-bond donors (Lipinski definition) is 1. The minimum absolute atomic E-state index is 0.0629. The van der Waals surface area contributed by atoms with E-state index in [0.29, 0.717) is 5.75 Å². The van der Waals surface area contributed by atoms with E-state index in [9.17, 15) is 4.79 Å². The Kier molecular flexibility index (Phi) is 4.97. The van der Waals surface area contributed by atoms with Crippen LogP contribution >= 0.6 is 35.1 Å². The number of anilines is 1. The maximum absolute atomic E-state index is 11.7. The van der Waals surface area contributed by atoms with Gasteiger partial charge in [-0.15, -0.1) is 0 Å². The van der Waals surface area contributed by atoms with Gasteiger partial charge in [0.05, 0.1) is 5.75 Å². The second kappa shape index (κ2) is 6.72. The van der Waals surface area contributed by atoms with Crippen molar-refractivity contribution in [3.8, 4) is 0 Å². The van der Waals surface area contributed by atoms with Crippen LogP contribution in [0.2, 0.25) is 0 Å². The summed E-state index contributed by atoms with van der Waals surface area (Å²) in [5, 5.41) is 3.53. The summed E-state index contributed by atoms with van der Waals surface area (Å²) >= 11 is 4.20. The molecular formula is C10H10N4OS3. The first kappa shape index (κ1) is 13.3. The van der Waals surface area contributed by atoms with E-state index in [1.165, 1.54) is 35.1 Å². The van der Waals surface area contributed by atoms with Crippen molar-refractivity contribution in [3.63, 3.8) is 0 Å². The standard InChI is InChI=1S/C10H10N4OS3/c1-16-9-13-10(18-14-9)17-6-8(15)12-7-2-4-11-5-3-7/h2-5H,6H2,1H3,(H,11,12,15). The topological polar surface area (TPSA) is 67.8 Å². The van der Waals surface area contributed by atoms with Gasteiger partial charge in [0.2, 0.25) is 11.1 Å². The fourth-order valence-corrected chi connectivity index (χ4v) is 3.11. The van der Waals surface area contributed by atoms with Crippen LogP contribution in [0.15, 0.2) is 34.0 Å². The summed E-state index contributed by atoms with van der Waals surface area (Å²) in [5.41, 5.74) is 0.748. The zero-order valence-corrected chi connectivity index (χ0v) is 11.9. The lowest BCUT2D eigenvalue weighted by molar-refractivity contribution is -0.113. The molecule has 0 saturated carbocycles. The maximum Gasteiger partial charge on any atom is 0.234 e. The number of amides is 1. The fourth-order valence-electron chi connectivity index (χ4n) is 1.10. The molecule has 1 N–H and O–H groups in total. The summed E-state index contributed by atoms with van der Waals surface area (Å²) in [6.45, 7) is 0. The highest BCUT2D eigenvalue weighted by Crippen LogP contribution is 2.23. The molecule has 0 aliphatic rings. The predicted molar refractivity (Wildman–Crippen MR) is 75.3 cm³/mol. The van der Waals surface area contributed by atoms with Crippen LogP contribution in [0.3, 0.4) is 0 Å². The number of nitrogens with zero attached hydrogens (tertiary/aromatic N) is 3. The molecule has 0 fully saturated rings. The fraction of sp³-hybridized carbons (Fsp3) is 0.200. The van der Waals surface area contributed by atoms with E-state index in [1.807, 2.05) is 6.26 Å². The monoisotopic (exact) mass is 298 g/mol. The van der Waals surface area contributed by atoms with Gasteiger partial charge in [-0.2, -0.15) is 4.37 Å². The molecule has 1 amide bonds. The van der Waals surface area contributed by atoms with Crippen molar-refractivity contribution >= 4 is 46.7 Å². The highest BCUT2D eigenvalue weighted by atomic mass is 32.2. The van der Waals surface area contributed by atoms with Crippen LogP contribution in [-0.2, 0) is 4.79 Å². The van der Waals surface area contributed by atoms with E-state index in [2.05, 4.69) is 19.7 Å². The molecular weight excluding hydrogens is 288 g/mol. The van der Waals surface area contributed by atoms with Crippen LogP contribution in [0.5, 0.6) is 0 Å². The molecule has 0 spiro atoms. The van der Waals surface area contributed by atoms with Gasteiger partial charge in [0.15, 0.2) is 4.34 Å². The van der Waals surface area contributed by atoms with Gasteiger partial charge < -0.3 is 5.32 Å². The molecule has 0 saturated heterocycles. The van der Waals surface area contributed by atoms with Crippen LogP contribution in [0, 0.1) is 0 Å². The number of rotatable bonds is 5. The molecule has 2 rings (SSSR count). The Bertz CT molecular complexity index is 517. The van der Waals surface area contributed by atoms with Crippen LogP contribution in [0.1, 0.15) is 0 Å². The second-order valence-corrected chi connectivity index (χ2v) is 5.87.